The molecule has 1 atom stereocenters. The van der Waals surface area contributed by atoms with E-state index in [1.54, 1.807) is 31.2 Å². The molecule has 0 saturated heterocycles. The minimum atomic E-state index is -1.15. The molecule has 2 N–H and O–H groups in total. The lowest BCUT2D eigenvalue weighted by Gasteiger charge is -2.27. The number of fused-ring (bicyclic) bond motifs is 1. The Morgan fingerprint density at radius 3 is 2.61 bits per heavy atom. The van der Waals surface area contributed by atoms with Gasteiger partial charge in [-0.1, -0.05) is 35.9 Å². The number of halogens is 2. The number of aliphatic hydroxyl groups is 1. The van der Waals surface area contributed by atoms with Crippen LogP contribution >= 0.6 is 11.6 Å². The number of carbonyl (C=O) groups is 2. The van der Waals surface area contributed by atoms with Crippen LogP contribution in [-0.2, 0) is 4.79 Å². The van der Waals surface area contributed by atoms with E-state index in [2.05, 4.69) is 0 Å². The SMILES string of the molecule is CCOc1cc(C2C(C(=O)c3cc4ccccc4o3)=C(O)C(=O)N2c2ccc(F)c(Cl)c2)ccc1O. The number of amides is 1. The van der Waals surface area contributed by atoms with Crippen molar-refractivity contribution in [2.75, 3.05) is 11.5 Å². The van der Waals surface area contributed by atoms with Gasteiger partial charge in [0.25, 0.3) is 5.91 Å². The molecule has 0 saturated carbocycles. The number of benzene rings is 3. The van der Waals surface area contributed by atoms with E-state index in [1.165, 1.54) is 36.4 Å². The zero-order chi connectivity index (χ0) is 25.6. The third-order valence-electron chi connectivity index (χ3n) is 5.88. The zero-order valence-electron chi connectivity index (χ0n) is 18.9. The molecule has 1 amide bonds. The second kappa shape index (κ2) is 9.05. The summed E-state index contributed by atoms with van der Waals surface area (Å²) in [5.74, 6) is -3.14. The van der Waals surface area contributed by atoms with E-state index in [-0.39, 0.29) is 40.1 Å². The summed E-state index contributed by atoms with van der Waals surface area (Å²) in [4.78, 5) is 28.1. The number of Topliss-reactive ketones (excluding diaryl/α,β-unsaturated/α-hetero) is 1. The van der Waals surface area contributed by atoms with Crippen LogP contribution in [0.1, 0.15) is 29.1 Å². The van der Waals surface area contributed by atoms with Gasteiger partial charge in [-0.05, 0) is 55.0 Å². The first-order valence-electron chi connectivity index (χ1n) is 11.0. The number of ether oxygens (including phenoxy) is 1. The first-order chi connectivity index (χ1) is 17.3. The monoisotopic (exact) mass is 507 g/mol. The van der Waals surface area contributed by atoms with Gasteiger partial charge >= 0.3 is 0 Å². The molecular formula is C27H19ClFNO6. The van der Waals surface area contributed by atoms with E-state index in [9.17, 15) is 24.2 Å². The Bertz CT molecular complexity index is 1530. The van der Waals surface area contributed by atoms with Crippen molar-refractivity contribution >= 4 is 39.9 Å². The molecule has 2 heterocycles. The molecule has 36 heavy (non-hydrogen) atoms. The average molecular weight is 508 g/mol. The van der Waals surface area contributed by atoms with Gasteiger partial charge in [-0.25, -0.2) is 4.39 Å². The van der Waals surface area contributed by atoms with Gasteiger partial charge in [-0.3, -0.25) is 14.5 Å². The van der Waals surface area contributed by atoms with E-state index < -0.39 is 29.3 Å². The number of aromatic hydroxyl groups is 1. The molecule has 1 aromatic heterocycles. The fourth-order valence-electron chi connectivity index (χ4n) is 4.25. The Labute approximate surface area is 209 Å². The molecule has 0 bridgehead atoms. The van der Waals surface area contributed by atoms with Crippen LogP contribution < -0.4 is 9.64 Å². The lowest BCUT2D eigenvalue weighted by Crippen LogP contribution is -2.31. The highest BCUT2D eigenvalue weighted by atomic mass is 35.5. The smallest absolute Gasteiger partial charge is 0.294 e. The quantitative estimate of drug-likeness (QED) is 0.305. The van der Waals surface area contributed by atoms with Crippen molar-refractivity contribution in [2.45, 2.75) is 13.0 Å². The molecule has 9 heteroatoms. The van der Waals surface area contributed by atoms with E-state index in [0.29, 0.717) is 16.5 Å². The predicted molar refractivity (Wildman–Crippen MR) is 131 cm³/mol. The molecule has 1 unspecified atom stereocenters. The van der Waals surface area contributed by atoms with Crippen molar-refractivity contribution in [3.63, 3.8) is 0 Å². The first-order valence-corrected chi connectivity index (χ1v) is 11.4. The lowest BCUT2D eigenvalue weighted by molar-refractivity contribution is -0.117. The van der Waals surface area contributed by atoms with E-state index in [4.69, 9.17) is 20.8 Å². The van der Waals surface area contributed by atoms with Crippen LogP contribution in [0.15, 0.2) is 82.5 Å². The summed E-state index contributed by atoms with van der Waals surface area (Å²) in [6.07, 6.45) is 0. The topological polar surface area (TPSA) is 100 Å². The Balaban J connectivity index is 1.69. The number of para-hydroxylation sites is 1. The minimum absolute atomic E-state index is 0.0710. The number of ketones is 1. The number of hydrogen-bond donors (Lipinski definition) is 2. The number of carbonyl (C=O) groups excluding carboxylic acids is 2. The summed E-state index contributed by atoms with van der Waals surface area (Å²) in [5, 5.41) is 21.5. The summed E-state index contributed by atoms with van der Waals surface area (Å²) >= 11 is 5.97. The molecule has 0 fully saturated rings. The molecular weight excluding hydrogens is 489 g/mol. The summed E-state index contributed by atoms with van der Waals surface area (Å²) in [5.41, 5.74) is 0.731. The maximum Gasteiger partial charge on any atom is 0.294 e. The van der Waals surface area contributed by atoms with Gasteiger partial charge in [0.15, 0.2) is 23.0 Å². The van der Waals surface area contributed by atoms with Crippen molar-refractivity contribution < 1.29 is 33.3 Å². The highest BCUT2D eigenvalue weighted by Gasteiger charge is 2.45. The van der Waals surface area contributed by atoms with E-state index >= 15 is 0 Å². The maximum atomic E-state index is 13.9. The summed E-state index contributed by atoms with van der Waals surface area (Å²) in [7, 11) is 0. The Kier molecular flexibility index (Phi) is 5.89. The van der Waals surface area contributed by atoms with Crippen LogP contribution in [0.4, 0.5) is 10.1 Å². The highest BCUT2D eigenvalue weighted by Crippen LogP contribution is 2.44. The molecule has 182 valence electrons. The van der Waals surface area contributed by atoms with Gasteiger partial charge < -0.3 is 19.4 Å². The Hall–Kier alpha value is -4.30. The number of anilines is 1. The standard InChI is InChI=1S/C27H19ClFNO6/c1-2-35-21-12-15(7-10-19(21)31)24-23(25(32)22-11-14-5-3-4-6-20(14)36-22)26(33)27(34)30(24)16-8-9-18(29)17(28)13-16/h3-13,24,31,33H,2H2,1H3. The van der Waals surface area contributed by atoms with Gasteiger partial charge in [-0.2, -0.15) is 0 Å². The number of rotatable bonds is 6. The van der Waals surface area contributed by atoms with Gasteiger partial charge in [0.2, 0.25) is 5.78 Å². The van der Waals surface area contributed by atoms with Crippen molar-refractivity contribution in [1.82, 2.24) is 0 Å². The largest absolute Gasteiger partial charge is 0.504 e. The van der Waals surface area contributed by atoms with E-state index in [0.717, 1.165) is 11.0 Å². The molecule has 5 rings (SSSR count). The van der Waals surface area contributed by atoms with Gasteiger partial charge in [0, 0.05) is 11.1 Å². The van der Waals surface area contributed by atoms with Crippen LogP contribution in [0.2, 0.25) is 5.02 Å². The summed E-state index contributed by atoms with van der Waals surface area (Å²) in [6.45, 7) is 1.99. The third-order valence-corrected chi connectivity index (χ3v) is 6.17. The number of hydrogen-bond acceptors (Lipinski definition) is 6. The molecule has 1 aliphatic heterocycles. The Morgan fingerprint density at radius 2 is 1.89 bits per heavy atom. The normalized spacial score (nSPS) is 15.7. The fourth-order valence-corrected chi connectivity index (χ4v) is 4.43. The second-order valence-electron chi connectivity index (χ2n) is 8.08. The molecule has 1 aliphatic rings. The molecule has 0 spiro atoms. The van der Waals surface area contributed by atoms with Crippen molar-refractivity contribution in [2.24, 2.45) is 0 Å². The first kappa shape index (κ1) is 23.4. The van der Waals surface area contributed by atoms with Crippen molar-refractivity contribution in [3.8, 4) is 11.5 Å². The number of phenolic OH excluding ortho intramolecular Hbond substituents is 1. The van der Waals surface area contributed by atoms with Crippen LogP contribution in [-0.4, -0.2) is 28.5 Å². The number of furan rings is 1. The van der Waals surface area contributed by atoms with Crippen LogP contribution in [0.25, 0.3) is 11.0 Å². The zero-order valence-corrected chi connectivity index (χ0v) is 19.6. The third kappa shape index (κ3) is 3.85. The number of phenols is 1. The molecule has 7 nitrogen and oxygen atoms in total. The average Bonchev–Trinajstić information content (AvgIpc) is 3.41. The van der Waals surface area contributed by atoms with Crippen LogP contribution in [0.5, 0.6) is 11.5 Å². The molecule has 0 aliphatic carbocycles. The van der Waals surface area contributed by atoms with Gasteiger partial charge in [0.1, 0.15) is 11.4 Å². The Morgan fingerprint density at radius 1 is 1.11 bits per heavy atom. The highest BCUT2D eigenvalue weighted by molar-refractivity contribution is 6.31. The molecule has 4 aromatic rings. The summed E-state index contributed by atoms with van der Waals surface area (Å²) in [6, 6.07) is 15.3. The van der Waals surface area contributed by atoms with Gasteiger partial charge in [-0.15, -0.1) is 0 Å². The molecule has 0 radical (unpaired) electrons. The fraction of sp³-hybridized carbons (Fsp3) is 0.111. The summed E-state index contributed by atoms with van der Waals surface area (Å²) < 4.78 is 25.1. The van der Waals surface area contributed by atoms with Crippen molar-refractivity contribution in [3.05, 3.63) is 100 Å². The number of aliphatic hydroxyl groups excluding tert-OH is 1. The predicted octanol–water partition coefficient (Wildman–Crippen LogP) is 6.11. The van der Waals surface area contributed by atoms with Crippen LogP contribution in [0, 0.1) is 5.82 Å². The number of nitrogens with zero attached hydrogens (tertiary/aromatic N) is 1. The van der Waals surface area contributed by atoms with Crippen molar-refractivity contribution in [1.29, 1.82) is 0 Å². The second-order valence-corrected chi connectivity index (χ2v) is 8.48. The minimum Gasteiger partial charge on any atom is -0.504 e. The molecule has 3 aromatic carbocycles. The lowest BCUT2D eigenvalue weighted by atomic mass is 9.94. The van der Waals surface area contributed by atoms with Crippen LogP contribution in [0.3, 0.4) is 0 Å². The maximum absolute atomic E-state index is 13.9. The van der Waals surface area contributed by atoms with E-state index in [1.807, 2.05) is 0 Å². The van der Waals surface area contributed by atoms with Gasteiger partial charge in [0.05, 0.1) is 23.2 Å².